The number of hydrogen-bond acceptors (Lipinski definition) is 4. The number of rotatable bonds is 3. The third-order valence-corrected chi connectivity index (χ3v) is 2.39. The fraction of sp³-hybridized carbons (Fsp3) is 0.500. The van der Waals surface area contributed by atoms with E-state index in [0.29, 0.717) is 6.42 Å². The van der Waals surface area contributed by atoms with Crippen LogP contribution in [0.4, 0.5) is 0 Å². The van der Waals surface area contributed by atoms with E-state index in [4.69, 9.17) is 4.74 Å². The molecule has 0 amide bonds. The van der Waals surface area contributed by atoms with Crippen LogP contribution < -0.4 is 10.9 Å². The molecule has 1 aliphatic heterocycles. The topological polar surface area (TPSA) is 50.4 Å². The molecule has 1 fully saturated rings. The highest BCUT2D eigenvalue weighted by atomic mass is 16.5. The van der Waals surface area contributed by atoms with Crippen molar-refractivity contribution in [1.29, 1.82) is 0 Å². The summed E-state index contributed by atoms with van der Waals surface area (Å²) in [6, 6.07) is 0. The van der Waals surface area contributed by atoms with E-state index >= 15 is 0 Å². The Hall–Kier alpha value is -1.45. The molecule has 4 heteroatoms. The van der Waals surface area contributed by atoms with Gasteiger partial charge in [-0.1, -0.05) is 0 Å². The third kappa shape index (κ3) is 2.28. The highest BCUT2D eigenvalue weighted by Gasteiger charge is 2.21. The number of esters is 1. The Morgan fingerprint density at radius 3 is 3.00 bits per heavy atom. The predicted octanol–water partition coefficient (Wildman–Crippen LogP) is 0.978. The lowest BCUT2D eigenvalue weighted by Gasteiger charge is -2.25. The van der Waals surface area contributed by atoms with Crippen LogP contribution in [0.15, 0.2) is 24.0 Å². The smallest absolute Gasteiger partial charge is 0.312 e. The van der Waals surface area contributed by atoms with Gasteiger partial charge in [0.05, 0.1) is 6.42 Å². The van der Waals surface area contributed by atoms with Crippen molar-refractivity contribution >= 4 is 5.97 Å². The first-order valence-electron chi connectivity index (χ1n) is 4.91. The Labute approximate surface area is 83.0 Å². The van der Waals surface area contributed by atoms with Crippen LogP contribution in [0.25, 0.3) is 0 Å². The standard InChI is InChI=1S/C10H14N2O2/c13-10(14-9-4-1-5-9)7-8-3-2-6-11-12-8/h2-3,6,9,11-12H,1,4-5,7H2. The maximum Gasteiger partial charge on any atom is 0.312 e. The van der Waals surface area contributed by atoms with Gasteiger partial charge < -0.3 is 15.6 Å². The molecular weight excluding hydrogens is 180 g/mol. The largest absolute Gasteiger partial charge is 0.462 e. The van der Waals surface area contributed by atoms with Gasteiger partial charge in [-0.05, 0) is 31.4 Å². The summed E-state index contributed by atoms with van der Waals surface area (Å²) in [4.78, 5) is 11.4. The number of ether oxygens (including phenoxy) is 1. The Balaban J connectivity index is 1.75. The molecule has 0 atom stereocenters. The van der Waals surface area contributed by atoms with Crippen LogP contribution in [-0.4, -0.2) is 12.1 Å². The second kappa shape index (κ2) is 4.17. The van der Waals surface area contributed by atoms with E-state index in [1.54, 1.807) is 6.20 Å². The van der Waals surface area contributed by atoms with Crippen LogP contribution in [-0.2, 0) is 9.53 Å². The first-order valence-corrected chi connectivity index (χ1v) is 4.91. The van der Waals surface area contributed by atoms with Crippen LogP contribution in [0, 0.1) is 0 Å². The molecule has 0 aromatic heterocycles. The molecule has 0 radical (unpaired) electrons. The average molecular weight is 194 g/mol. The second-order valence-electron chi connectivity index (χ2n) is 3.54. The SMILES string of the molecule is O=C(CC1=CC=CNN1)OC1CCC1. The van der Waals surface area contributed by atoms with Crippen molar-refractivity contribution in [3.8, 4) is 0 Å². The molecule has 1 aliphatic carbocycles. The van der Waals surface area contributed by atoms with Gasteiger partial charge in [-0.15, -0.1) is 0 Å². The van der Waals surface area contributed by atoms with Gasteiger partial charge in [0.25, 0.3) is 0 Å². The predicted molar refractivity (Wildman–Crippen MR) is 51.8 cm³/mol. The van der Waals surface area contributed by atoms with Crippen molar-refractivity contribution in [2.45, 2.75) is 31.8 Å². The zero-order chi connectivity index (χ0) is 9.80. The quantitative estimate of drug-likeness (QED) is 0.657. The molecule has 2 aliphatic rings. The lowest BCUT2D eigenvalue weighted by atomic mass is 9.96. The van der Waals surface area contributed by atoms with Gasteiger partial charge >= 0.3 is 5.97 Å². The molecule has 0 saturated heterocycles. The normalized spacial score (nSPS) is 20.1. The number of nitrogens with one attached hydrogen (secondary N) is 2. The Bertz CT molecular complexity index is 280. The van der Waals surface area contributed by atoms with E-state index < -0.39 is 0 Å². The van der Waals surface area contributed by atoms with Crippen LogP contribution >= 0.6 is 0 Å². The summed E-state index contributed by atoms with van der Waals surface area (Å²) >= 11 is 0. The highest BCUT2D eigenvalue weighted by Crippen LogP contribution is 2.22. The minimum absolute atomic E-state index is 0.148. The fourth-order valence-corrected chi connectivity index (χ4v) is 1.36. The van der Waals surface area contributed by atoms with Crippen molar-refractivity contribution in [3.05, 3.63) is 24.0 Å². The Kier molecular flexibility index (Phi) is 2.72. The fourth-order valence-electron chi connectivity index (χ4n) is 1.36. The minimum atomic E-state index is -0.148. The zero-order valence-electron chi connectivity index (χ0n) is 7.95. The number of allylic oxidation sites excluding steroid dienone is 2. The van der Waals surface area contributed by atoms with Crippen molar-refractivity contribution in [2.75, 3.05) is 0 Å². The molecule has 76 valence electrons. The Morgan fingerprint density at radius 1 is 1.57 bits per heavy atom. The van der Waals surface area contributed by atoms with Crippen molar-refractivity contribution < 1.29 is 9.53 Å². The summed E-state index contributed by atoms with van der Waals surface area (Å²) in [5.41, 5.74) is 6.54. The lowest BCUT2D eigenvalue weighted by Crippen LogP contribution is -2.31. The highest BCUT2D eigenvalue weighted by molar-refractivity contribution is 5.72. The molecule has 2 N–H and O–H groups in total. The molecule has 0 unspecified atom stereocenters. The van der Waals surface area contributed by atoms with Gasteiger partial charge in [-0.3, -0.25) is 4.79 Å². The maximum atomic E-state index is 11.4. The van der Waals surface area contributed by atoms with Gasteiger partial charge in [0.1, 0.15) is 6.10 Å². The molecule has 0 aromatic rings. The van der Waals surface area contributed by atoms with Gasteiger partial charge in [0.2, 0.25) is 0 Å². The molecule has 1 heterocycles. The first kappa shape index (κ1) is 9.12. The molecule has 14 heavy (non-hydrogen) atoms. The second-order valence-corrected chi connectivity index (χ2v) is 3.54. The van der Waals surface area contributed by atoms with E-state index in [9.17, 15) is 4.79 Å². The van der Waals surface area contributed by atoms with Crippen LogP contribution in [0.3, 0.4) is 0 Å². The van der Waals surface area contributed by atoms with Crippen molar-refractivity contribution in [1.82, 2.24) is 10.9 Å². The summed E-state index contributed by atoms with van der Waals surface area (Å²) in [5.74, 6) is -0.148. The molecule has 0 bridgehead atoms. The summed E-state index contributed by atoms with van der Waals surface area (Å²) in [7, 11) is 0. The minimum Gasteiger partial charge on any atom is -0.462 e. The van der Waals surface area contributed by atoms with E-state index in [1.807, 2.05) is 12.2 Å². The van der Waals surface area contributed by atoms with E-state index in [-0.39, 0.29) is 12.1 Å². The molecule has 4 nitrogen and oxygen atoms in total. The average Bonchev–Trinajstić information content (AvgIpc) is 2.13. The third-order valence-electron chi connectivity index (χ3n) is 2.39. The maximum absolute atomic E-state index is 11.4. The van der Waals surface area contributed by atoms with Gasteiger partial charge in [-0.25, -0.2) is 0 Å². The van der Waals surface area contributed by atoms with Gasteiger partial charge in [-0.2, -0.15) is 0 Å². The number of hydrogen-bond donors (Lipinski definition) is 2. The molecule has 0 aromatic carbocycles. The molecule has 2 rings (SSSR count). The van der Waals surface area contributed by atoms with Crippen LogP contribution in [0.1, 0.15) is 25.7 Å². The van der Waals surface area contributed by atoms with Gasteiger partial charge in [0.15, 0.2) is 0 Å². The molecule has 1 saturated carbocycles. The van der Waals surface area contributed by atoms with E-state index in [0.717, 1.165) is 18.5 Å². The number of carbonyl (C=O) groups excluding carboxylic acids is 1. The van der Waals surface area contributed by atoms with Crippen LogP contribution in [0.5, 0.6) is 0 Å². The van der Waals surface area contributed by atoms with E-state index in [2.05, 4.69) is 10.9 Å². The van der Waals surface area contributed by atoms with E-state index in [1.165, 1.54) is 6.42 Å². The zero-order valence-corrected chi connectivity index (χ0v) is 7.95. The molecular formula is C10H14N2O2. The summed E-state index contributed by atoms with van der Waals surface area (Å²) in [6.07, 6.45) is 9.20. The van der Waals surface area contributed by atoms with Crippen molar-refractivity contribution in [3.63, 3.8) is 0 Å². The van der Waals surface area contributed by atoms with Gasteiger partial charge in [0, 0.05) is 11.9 Å². The summed E-state index contributed by atoms with van der Waals surface area (Å²) in [5, 5.41) is 0. The number of hydrazine groups is 1. The first-order chi connectivity index (χ1) is 6.84. The summed E-state index contributed by atoms with van der Waals surface area (Å²) < 4.78 is 5.22. The summed E-state index contributed by atoms with van der Waals surface area (Å²) in [6.45, 7) is 0. The lowest BCUT2D eigenvalue weighted by molar-refractivity contribution is -0.152. The number of carbonyl (C=O) groups is 1. The van der Waals surface area contributed by atoms with Crippen molar-refractivity contribution in [2.24, 2.45) is 0 Å². The van der Waals surface area contributed by atoms with Crippen LogP contribution in [0.2, 0.25) is 0 Å². The molecule has 0 spiro atoms. The Morgan fingerprint density at radius 2 is 2.43 bits per heavy atom. The monoisotopic (exact) mass is 194 g/mol.